The van der Waals surface area contributed by atoms with Crippen molar-refractivity contribution < 1.29 is 9.59 Å². The fourth-order valence-electron chi connectivity index (χ4n) is 1.12. The van der Waals surface area contributed by atoms with Gasteiger partial charge in [-0.25, -0.2) is 0 Å². The maximum atomic E-state index is 11.8. The Hall–Kier alpha value is -1.10. The molecule has 1 atom stereocenters. The Kier molecular flexibility index (Phi) is 6.03. The van der Waals surface area contributed by atoms with Gasteiger partial charge in [0.1, 0.15) is 0 Å². The zero-order chi connectivity index (χ0) is 12.8. The van der Waals surface area contributed by atoms with Crippen LogP contribution in [0.5, 0.6) is 0 Å². The number of nitrogens with zero attached hydrogens (tertiary/aromatic N) is 1. The maximum absolute atomic E-state index is 11.8. The quantitative estimate of drug-likeness (QED) is 0.671. The van der Waals surface area contributed by atoms with E-state index in [1.165, 1.54) is 4.90 Å². The number of hydrogen-bond acceptors (Lipinski definition) is 3. The Morgan fingerprint density at radius 3 is 2.31 bits per heavy atom. The Morgan fingerprint density at radius 2 is 1.94 bits per heavy atom. The van der Waals surface area contributed by atoms with Gasteiger partial charge in [0.05, 0.1) is 5.41 Å². The van der Waals surface area contributed by atoms with Gasteiger partial charge in [-0.2, -0.15) is 0 Å². The molecule has 0 aromatic rings. The number of nitrogens with two attached hydrogens (primary N) is 1. The minimum atomic E-state index is -0.527. The summed E-state index contributed by atoms with van der Waals surface area (Å²) in [5.41, 5.74) is 5.04. The molecule has 0 aliphatic carbocycles. The second-order valence-corrected chi connectivity index (χ2v) is 4.41. The normalized spacial score (nSPS) is 14.1. The summed E-state index contributed by atoms with van der Waals surface area (Å²) < 4.78 is 0. The molecule has 94 valence electrons. The zero-order valence-electron chi connectivity index (χ0n) is 10.7. The van der Waals surface area contributed by atoms with Crippen molar-refractivity contribution in [3.63, 3.8) is 0 Å². The van der Waals surface area contributed by atoms with E-state index in [-0.39, 0.29) is 11.8 Å². The predicted molar refractivity (Wildman–Crippen MR) is 63.8 cm³/mol. The molecule has 3 N–H and O–H groups in total. The van der Waals surface area contributed by atoms with E-state index in [1.54, 1.807) is 14.1 Å². The first-order valence-electron chi connectivity index (χ1n) is 5.56. The Balaban J connectivity index is 4.03. The summed E-state index contributed by atoms with van der Waals surface area (Å²) >= 11 is 0. The minimum Gasteiger partial charge on any atom is -0.355 e. The van der Waals surface area contributed by atoms with Crippen molar-refractivity contribution >= 4 is 11.8 Å². The van der Waals surface area contributed by atoms with E-state index in [0.29, 0.717) is 25.9 Å². The zero-order valence-corrected chi connectivity index (χ0v) is 10.7. The molecule has 5 nitrogen and oxygen atoms in total. The molecule has 0 heterocycles. The van der Waals surface area contributed by atoms with Crippen LogP contribution < -0.4 is 11.1 Å². The fourth-order valence-corrected chi connectivity index (χ4v) is 1.12. The van der Waals surface area contributed by atoms with Crippen LogP contribution >= 0.6 is 0 Å². The van der Waals surface area contributed by atoms with Gasteiger partial charge in [-0.15, -0.1) is 0 Å². The van der Waals surface area contributed by atoms with Gasteiger partial charge in [0.25, 0.3) is 0 Å². The molecular weight excluding hydrogens is 206 g/mol. The highest BCUT2D eigenvalue weighted by atomic mass is 16.2. The summed E-state index contributed by atoms with van der Waals surface area (Å²) in [4.78, 5) is 24.5. The lowest BCUT2D eigenvalue weighted by Crippen LogP contribution is -2.44. The summed E-state index contributed by atoms with van der Waals surface area (Å²) in [6.45, 7) is 4.44. The first-order valence-corrected chi connectivity index (χ1v) is 5.56. The van der Waals surface area contributed by atoms with E-state index in [1.807, 2.05) is 13.8 Å². The number of carbonyl (C=O) groups excluding carboxylic acids is 2. The molecule has 5 heteroatoms. The first-order chi connectivity index (χ1) is 7.37. The highest BCUT2D eigenvalue weighted by molar-refractivity contribution is 5.83. The second-order valence-electron chi connectivity index (χ2n) is 4.41. The SMILES string of the molecule is CCC(C)(CN)C(=O)NCCC(=O)N(C)C. The number of amides is 2. The van der Waals surface area contributed by atoms with Gasteiger partial charge in [0.2, 0.25) is 11.8 Å². The van der Waals surface area contributed by atoms with Crippen LogP contribution in [0.1, 0.15) is 26.7 Å². The molecule has 0 rings (SSSR count). The third kappa shape index (κ3) is 4.18. The first kappa shape index (κ1) is 14.9. The van der Waals surface area contributed by atoms with Gasteiger partial charge < -0.3 is 16.0 Å². The van der Waals surface area contributed by atoms with E-state index in [0.717, 1.165) is 0 Å². The minimum absolute atomic E-state index is 0.00579. The van der Waals surface area contributed by atoms with Gasteiger partial charge >= 0.3 is 0 Å². The van der Waals surface area contributed by atoms with Gasteiger partial charge in [0, 0.05) is 33.6 Å². The molecule has 0 bridgehead atoms. The van der Waals surface area contributed by atoms with Crippen LogP contribution in [0.15, 0.2) is 0 Å². The maximum Gasteiger partial charge on any atom is 0.227 e. The number of rotatable bonds is 6. The van der Waals surface area contributed by atoms with Crippen molar-refractivity contribution in [1.82, 2.24) is 10.2 Å². The molecule has 0 aliphatic rings. The van der Waals surface area contributed by atoms with Gasteiger partial charge in [-0.3, -0.25) is 9.59 Å². The second kappa shape index (κ2) is 6.48. The molecule has 0 fully saturated rings. The summed E-state index contributed by atoms with van der Waals surface area (Å²) in [5, 5.41) is 2.74. The molecule has 0 aromatic carbocycles. The monoisotopic (exact) mass is 229 g/mol. The summed E-state index contributed by atoms with van der Waals surface area (Å²) in [6, 6.07) is 0. The molecule has 16 heavy (non-hydrogen) atoms. The van der Waals surface area contributed by atoms with Crippen LogP contribution in [0.4, 0.5) is 0 Å². The van der Waals surface area contributed by atoms with Crippen molar-refractivity contribution in [1.29, 1.82) is 0 Å². The number of carbonyl (C=O) groups is 2. The molecule has 0 saturated carbocycles. The largest absolute Gasteiger partial charge is 0.355 e. The van der Waals surface area contributed by atoms with Gasteiger partial charge in [-0.05, 0) is 13.3 Å². The molecule has 1 unspecified atom stereocenters. The molecule has 0 saturated heterocycles. The molecule has 0 aromatic heterocycles. The topological polar surface area (TPSA) is 75.4 Å². The average molecular weight is 229 g/mol. The third-order valence-corrected chi connectivity index (χ3v) is 2.90. The molecule has 0 spiro atoms. The van der Waals surface area contributed by atoms with E-state index < -0.39 is 5.41 Å². The molecular formula is C11H23N3O2. The Bertz CT molecular complexity index is 248. The highest BCUT2D eigenvalue weighted by Gasteiger charge is 2.29. The van der Waals surface area contributed by atoms with E-state index >= 15 is 0 Å². The van der Waals surface area contributed by atoms with Crippen molar-refractivity contribution in [3.8, 4) is 0 Å². The number of hydrogen-bond donors (Lipinski definition) is 2. The lowest BCUT2D eigenvalue weighted by Gasteiger charge is -2.25. The van der Waals surface area contributed by atoms with Crippen LogP contribution in [-0.2, 0) is 9.59 Å². The fraction of sp³-hybridized carbons (Fsp3) is 0.818. The van der Waals surface area contributed by atoms with Crippen LogP contribution in [0.3, 0.4) is 0 Å². The van der Waals surface area contributed by atoms with Crippen molar-refractivity contribution in [3.05, 3.63) is 0 Å². The van der Waals surface area contributed by atoms with Crippen LogP contribution in [0.2, 0.25) is 0 Å². The van der Waals surface area contributed by atoms with Crippen LogP contribution in [0, 0.1) is 5.41 Å². The third-order valence-electron chi connectivity index (χ3n) is 2.90. The highest BCUT2D eigenvalue weighted by Crippen LogP contribution is 2.18. The standard InChI is InChI=1S/C11H23N3O2/c1-5-11(2,8-12)10(16)13-7-6-9(15)14(3)4/h5-8,12H2,1-4H3,(H,13,16). The van der Waals surface area contributed by atoms with Gasteiger partial charge in [0.15, 0.2) is 0 Å². The Labute approximate surface area is 97.4 Å². The van der Waals surface area contributed by atoms with Crippen molar-refractivity contribution in [2.45, 2.75) is 26.7 Å². The van der Waals surface area contributed by atoms with Crippen molar-refractivity contribution in [2.24, 2.45) is 11.1 Å². The molecule has 2 amide bonds. The lowest BCUT2D eigenvalue weighted by molar-refractivity contribution is -0.130. The summed E-state index contributed by atoms with van der Waals surface area (Å²) in [5.74, 6) is -0.0738. The summed E-state index contributed by atoms with van der Waals surface area (Å²) in [7, 11) is 3.39. The number of nitrogens with one attached hydrogen (secondary N) is 1. The smallest absolute Gasteiger partial charge is 0.227 e. The Morgan fingerprint density at radius 1 is 1.38 bits per heavy atom. The van der Waals surface area contributed by atoms with E-state index in [2.05, 4.69) is 5.32 Å². The van der Waals surface area contributed by atoms with Crippen molar-refractivity contribution in [2.75, 3.05) is 27.2 Å². The summed E-state index contributed by atoms with van der Waals surface area (Å²) in [6.07, 6.45) is 1.01. The molecule has 0 aliphatic heterocycles. The van der Waals surface area contributed by atoms with Crippen LogP contribution in [0.25, 0.3) is 0 Å². The van der Waals surface area contributed by atoms with Crippen LogP contribution in [-0.4, -0.2) is 43.9 Å². The average Bonchev–Trinajstić information content (AvgIpc) is 2.27. The van der Waals surface area contributed by atoms with E-state index in [9.17, 15) is 9.59 Å². The lowest BCUT2D eigenvalue weighted by atomic mass is 9.87. The molecule has 0 radical (unpaired) electrons. The predicted octanol–water partition coefficient (Wildman–Crippen LogP) is -0.0441. The van der Waals surface area contributed by atoms with E-state index in [4.69, 9.17) is 5.73 Å². The van der Waals surface area contributed by atoms with Gasteiger partial charge in [-0.1, -0.05) is 6.92 Å².